The highest BCUT2D eigenvalue weighted by atomic mass is 79.9. The number of nitrogens with zero attached hydrogens (tertiary/aromatic N) is 1. The number of rotatable bonds is 6. The van der Waals surface area contributed by atoms with Crippen molar-refractivity contribution in [3.8, 4) is 5.75 Å². The van der Waals surface area contributed by atoms with Gasteiger partial charge in [-0.2, -0.15) is 0 Å². The zero-order chi connectivity index (χ0) is 14.5. The SMILES string of the molecule is CC(C)NCc1cc(COc2ccc(F)cc2Br)on1. The molecule has 1 aromatic carbocycles. The Morgan fingerprint density at radius 3 is 2.90 bits per heavy atom. The molecule has 0 aliphatic heterocycles. The van der Waals surface area contributed by atoms with E-state index in [2.05, 4.69) is 40.3 Å². The summed E-state index contributed by atoms with van der Waals surface area (Å²) in [5, 5.41) is 7.20. The number of ether oxygens (including phenoxy) is 1. The maximum absolute atomic E-state index is 12.9. The summed E-state index contributed by atoms with van der Waals surface area (Å²) in [5.74, 6) is 0.873. The van der Waals surface area contributed by atoms with Crippen molar-refractivity contribution in [2.45, 2.75) is 33.0 Å². The first kappa shape index (κ1) is 15.0. The Balaban J connectivity index is 1.90. The van der Waals surface area contributed by atoms with Crippen LogP contribution in [0.1, 0.15) is 25.3 Å². The summed E-state index contributed by atoms with van der Waals surface area (Å²) in [7, 11) is 0. The number of aromatic nitrogens is 1. The highest BCUT2D eigenvalue weighted by Gasteiger charge is 2.07. The van der Waals surface area contributed by atoms with Crippen LogP contribution < -0.4 is 10.1 Å². The molecule has 0 atom stereocenters. The van der Waals surface area contributed by atoms with E-state index in [0.29, 0.717) is 28.6 Å². The van der Waals surface area contributed by atoms with Crippen LogP contribution in [0.4, 0.5) is 4.39 Å². The minimum absolute atomic E-state index is 0.249. The number of hydrogen-bond donors (Lipinski definition) is 1. The molecule has 1 N–H and O–H groups in total. The number of hydrogen-bond acceptors (Lipinski definition) is 4. The van der Waals surface area contributed by atoms with Gasteiger partial charge in [0.2, 0.25) is 0 Å². The molecule has 0 aliphatic rings. The van der Waals surface area contributed by atoms with E-state index in [1.807, 2.05) is 6.07 Å². The lowest BCUT2D eigenvalue weighted by atomic mass is 10.3. The van der Waals surface area contributed by atoms with Gasteiger partial charge in [-0.25, -0.2) is 4.39 Å². The summed E-state index contributed by atoms with van der Waals surface area (Å²) in [4.78, 5) is 0. The highest BCUT2D eigenvalue weighted by molar-refractivity contribution is 9.10. The van der Waals surface area contributed by atoms with Crippen molar-refractivity contribution in [3.05, 3.63) is 46.0 Å². The monoisotopic (exact) mass is 342 g/mol. The van der Waals surface area contributed by atoms with Gasteiger partial charge in [-0.3, -0.25) is 0 Å². The fourth-order valence-corrected chi connectivity index (χ4v) is 2.02. The smallest absolute Gasteiger partial charge is 0.174 e. The Labute approximate surface area is 125 Å². The summed E-state index contributed by atoms with van der Waals surface area (Å²) < 4.78 is 24.2. The van der Waals surface area contributed by atoms with Crippen molar-refractivity contribution < 1.29 is 13.7 Å². The lowest BCUT2D eigenvalue weighted by molar-refractivity contribution is 0.247. The first-order valence-corrected chi connectivity index (χ1v) is 7.09. The second-order valence-corrected chi connectivity index (χ2v) is 5.54. The Bertz CT molecular complexity index is 572. The van der Waals surface area contributed by atoms with Gasteiger partial charge in [-0.15, -0.1) is 0 Å². The largest absolute Gasteiger partial charge is 0.484 e. The molecule has 0 spiro atoms. The molecule has 4 nitrogen and oxygen atoms in total. The normalized spacial score (nSPS) is 11.1. The molecule has 0 saturated carbocycles. The van der Waals surface area contributed by atoms with Crippen molar-refractivity contribution in [1.29, 1.82) is 0 Å². The van der Waals surface area contributed by atoms with Crippen molar-refractivity contribution >= 4 is 15.9 Å². The van der Waals surface area contributed by atoms with E-state index in [1.54, 1.807) is 6.07 Å². The summed E-state index contributed by atoms with van der Waals surface area (Å²) >= 11 is 3.25. The summed E-state index contributed by atoms with van der Waals surface area (Å²) in [6.45, 7) is 5.03. The topological polar surface area (TPSA) is 47.3 Å². The van der Waals surface area contributed by atoms with E-state index in [0.717, 1.165) is 5.69 Å². The van der Waals surface area contributed by atoms with Gasteiger partial charge in [0.15, 0.2) is 5.76 Å². The van der Waals surface area contributed by atoms with E-state index in [9.17, 15) is 4.39 Å². The second-order valence-electron chi connectivity index (χ2n) is 4.68. The molecule has 0 fully saturated rings. The van der Waals surface area contributed by atoms with Gasteiger partial charge in [0.05, 0.1) is 10.2 Å². The van der Waals surface area contributed by atoms with Gasteiger partial charge in [-0.05, 0) is 34.1 Å². The average molecular weight is 343 g/mol. The van der Waals surface area contributed by atoms with Gasteiger partial charge >= 0.3 is 0 Å². The van der Waals surface area contributed by atoms with E-state index in [-0.39, 0.29) is 12.4 Å². The number of halogens is 2. The van der Waals surface area contributed by atoms with Crippen LogP contribution in [0, 0.1) is 5.82 Å². The van der Waals surface area contributed by atoms with Crippen LogP contribution >= 0.6 is 15.9 Å². The van der Waals surface area contributed by atoms with Gasteiger partial charge in [-0.1, -0.05) is 19.0 Å². The quantitative estimate of drug-likeness (QED) is 0.870. The van der Waals surface area contributed by atoms with Crippen LogP contribution in [-0.4, -0.2) is 11.2 Å². The molecule has 6 heteroatoms. The average Bonchev–Trinajstić information content (AvgIpc) is 2.83. The van der Waals surface area contributed by atoms with Gasteiger partial charge in [0.1, 0.15) is 18.2 Å². The lowest BCUT2D eigenvalue weighted by Gasteiger charge is -2.05. The van der Waals surface area contributed by atoms with Crippen molar-refractivity contribution in [3.63, 3.8) is 0 Å². The molecule has 1 aromatic heterocycles. The van der Waals surface area contributed by atoms with Crippen molar-refractivity contribution in [2.75, 3.05) is 0 Å². The first-order valence-electron chi connectivity index (χ1n) is 6.30. The lowest BCUT2D eigenvalue weighted by Crippen LogP contribution is -2.21. The molecular weight excluding hydrogens is 327 g/mol. The number of benzene rings is 1. The minimum Gasteiger partial charge on any atom is -0.484 e. The molecule has 0 amide bonds. The van der Waals surface area contributed by atoms with Crippen molar-refractivity contribution in [1.82, 2.24) is 10.5 Å². The van der Waals surface area contributed by atoms with Gasteiger partial charge in [0, 0.05) is 18.7 Å². The second kappa shape index (κ2) is 6.85. The third kappa shape index (κ3) is 4.31. The maximum atomic E-state index is 12.9. The molecule has 0 saturated heterocycles. The van der Waals surface area contributed by atoms with Gasteiger partial charge < -0.3 is 14.6 Å². The molecule has 0 unspecified atom stereocenters. The Morgan fingerprint density at radius 1 is 1.40 bits per heavy atom. The van der Waals surface area contributed by atoms with Crippen LogP contribution in [-0.2, 0) is 13.2 Å². The Kier molecular flexibility index (Phi) is 5.14. The molecule has 2 rings (SSSR count). The summed E-state index contributed by atoms with van der Waals surface area (Å²) in [5.41, 5.74) is 0.829. The van der Waals surface area contributed by atoms with Crippen LogP contribution in [0.25, 0.3) is 0 Å². The van der Waals surface area contributed by atoms with Gasteiger partial charge in [0.25, 0.3) is 0 Å². The molecule has 1 heterocycles. The molecule has 20 heavy (non-hydrogen) atoms. The predicted octanol–water partition coefficient (Wildman–Crippen LogP) is 3.65. The molecule has 2 aromatic rings. The van der Waals surface area contributed by atoms with E-state index in [1.165, 1.54) is 12.1 Å². The standard InChI is InChI=1S/C14H16BrFN2O2/c1-9(2)17-7-11-6-12(20-18-11)8-19-14-4-3-10(16)5-13(14)15/h3-6,9,17H,7-8H2,1-2H3. The number of nitrogens with one attached hydrogen (secondary N) is 1. The Hall–Kier alpha value is -1.40. The zero-order valence-corrected chi connectivity index (χ0v) is 12.9. The molecule has 0 aliphatic carbocycles. The first-order chi connectivity index (χ1) is 9.54. The third-order valence-corrected chi connectivity index (χ3v) is 3.18. The Morgan fingerprint density at radius 2 is 2.20 bits per heavy atom. The summed E-state index contributed by atoms with van der Waals surface area (Å²) in [6.07, 6.45) is 0. The fourth-order valence-electron chi connectivity index (χ4n) is 1.56. The zero-order valence-electron chi connectivity index (χ0n) is 11.3. The summed E-state index contributed by atoms with van der Waals surface area (Å²) in [6, 6.07) is 6.50. The highest BCUT2D eigenvalue weighted by Crippen LogP contribution is 2.26. The molecule has 108 valence electrons. The van der Waals surface area contributed by atoms with Crippen LogP contribution in [0.3, 0.4) is 0 Å². The minimum atomic E-state index is -0.314. The van der Waals surface area contributed by atoms with Crippen LogP contribution in [0.15, 0.2) is 33.3 Å². The molecule has 0 bridgehead atoms. The van der Waals surface area contributed by atoms with E-state index < -0.39 is 0 Å². The fraction of sp³-hybridized carbons (Fsp3) is 0.357. The maximum Gasteiger partial charge on any atom is 0.174 e. The predicted molar refractivity (Wildman–Crippen MR) is 76.9 cm³/mol. The molecule has 0 radical (unpaired) electrons. The third-order valence-electron chi connectivity index (χ3n) is 2.56. The van der Waals surface area contributed by atoms with E-state index >= 15 is 0 Å². The van der Waals surface area contributed by atoms with E-state index in [4.69, 9.17) is 9.26 Å². The molecular formula is C14H16BrFN2O2. The van der Waals surface area contributed by atoms with Crippen molar-refractivity contribution in [2.24, 2.45) is 0 Å². The van der Waals surface area contributed by atoms with Crippen LogP contribution in [0.5, 0.6) is 5.75 Å². The van der Waals surface area contributed by atoms with Crippen LogP contribution in [0.2, 0.25) is 0 Å².